The fourth-order valence-corrected chi connectivity index (χ4v) is 7.35. The summed E-state index contributed by atoms with van der Waals surface area (Å²) in [6.07, 6.45) is 19.0. The zero-order valence-corrected chi connectivity index (χ0v) is 30.9. The molecule has 1 heterocycles. The molecule has 0 unspecified atom stereocenters. The largest absolute Gasteiger partial charge is 0.292 e. The van der Waals surface area contributed by atoms with Crippen LogP contribution in [0, 0.1) is 0 Å². The molecule has 0 radical (unpaired) electrons. The SMILES string of the molecule is C=Cc1ccccc1C(=C)c1ccc(-c2ccc(-c3nc4ccccc4n3-c3ccccc3)cc2)cccc(/C2=C/C=C\C/C=C\C=C/C2)c2ccccc12. The minimum atomic E-state index is 0.805. The second-order valence-electron chi connectivity index (χ2n) is 13.5. The molecule has 7 aromatic rings. The molecule has 0 atom stereocenters. The van der Waals surface area contributed by atoms with E-state index in [1.54, 1.807) is 0 Å². The highest BCUT2D eigenvalue weighted by molar-refractivity contribution is 6.02. The van der Waals surface area contributed by atoms with E-state index in [0.717, 1.165) is 79.7 Å². The quantitative estimate of drug-likeness (QED) is 0.161. The zero-order valence-electron chi connectivity index (χ0n) is 30.9. The Kier molecular flexibility index (Phi) is 10.4. The van der Waals surface area contributed by atoms with E-state index in [0.29, 0.717) is 0 Å². The Morgan fingerprint density at radius 2 is 1.24 bits per heavy atom. The van der Waals surface area contributed by atoms with Crippen molar-refractivity contribution in [3.8, 4) is 28.2 Å². The maximum absolute atomic E-state index is 5.10. The summed E-state index contributed by atoms with van der Waals surface area (Å²) in [5.74, 6) is 0.913. The highest BCUT2D eigenvalue weighted by Crippen LogP contribution is 2.35. The highest BCUT2D eigenvalue weighted by atomic mass is 15.1. The van der Waals surface area contributed by atoms with E-state index >= 15 is 0 Å². The molecule has 8 rings (SSSR count). The minimum Gasteiger partial charge on any atom is -0.292 e. The maximum Gasteiger partial charge on any atom is 0.145 e. The summed E-state index contributed by atoms with van der Waals surface area (Å²) in [7, 11) is 0. The first-order chi connectivity index (χ1) is 27.2. The maximum atomic E-state index is 5.10. The number of nitrogens with zero attached hydrogens (tertiary/aromatic N) is 2. The topological polar surface area (TPSA) is 17.8 Å². The van der Waals surface area contributed by atoms with Crippen molar-refractivity contribution in [2.45, 2.75) is 12.8 Å². The van der Waals surface area contributed by atoms with Crippen molar-refractivity contribution in [1.29, 1.82) is 0 Å². The number of para-hydroxylation sites is 3. The van der Waals surface area contributed by atoms with Crippen molar-refractivity contribution in [3.63, 3.8) is 0 Å². The van der Waals surface area contributed by atoms with Gasteiger partial charge in [-0.25, -0.2) is 4.98 Å². The van der Waals surface area contributed by atoms with Crippen molar-refractivity contribution in [1.82, 2.24) is 9.55 Å². The van der Waals surface area contributed by atoms with Gasteiger partial charge in [-0.1, -0.05) is 195 Å². The fraction of sp³-hybridized carbons (Fsp3) is 0.0377. The number of rotatable bonds is 7. The van der Waals surface area contributed by atoms with Crippen LogP contribution in [0.3, 0.4) is 0 Å². The molecule has 55 heavy (non-hydrogen) atoms. The lowest BCUT2D eigenvalue weighted by Gasteiger charge is -2.14. The van der Waals surface area contributed by atoms with Gasteiger partial charge < -0.3 is 0 Å². The summed E-state index contributed by atoms with van der Waals surface area (Å²) in [6.45, 7) is 8.85. The molecule has 1 aliphatic carbocycles. The summed E-state index contributed by atoms with van der Waals surface area (Å²) >= 11 is 0. The third-order valence-corrected chi connectivity index (χ3v) is 10.1. The van der Waals surface area contributed by atoms with Gasteiger partial charge in [-0.2, -0.15) is 0 Å². The molecule has 0 N–H and O–H groups in total. The normalized spacial score (nSPS) is 15.3. The third kappa shape index (κ3) is 7.44. The molecule has 2 nitrogen and oxygen atoms in total. The molecular weight excluding hydrogens is 665 g/mol. The van der Waals surface area contributed by atoms with E-state index in [-0.39, 0.29) is 0 Å². The van der Waals surface area contributed by atoms with Gasteiger partial charge in [0.25, 0.3) is 0 Å². The smallest absolute Gasteiger partial charge is 0.145 e. The van der Waals surface area contributed by atoms with Gasteiger partial charge in [-0.15, -0.1) is 0 Å². The van der Waals surface area contributed by atoms with Crippen molar-refractivity contribution < 1.29 is 0 Å². The first-order valence-corrected chi connectivity index (χ1v) is 18.8. The number of benzene rings is 5. The Labute approximate surface area is 324 Å². The number of hydrogen-bond donors (Lipinski definition) is 0. The molecule has 0 aliphatic heterocycles. The number of imidazole rings is 1. The van der Waals surface area contributed by atoms with Crippen LogP contribution in [0.15, 0.2) is 213 Å². The molecule has 0 fully saturated rings. The second-order valence-corrected chi connectivity index (χ2v) is 13.5. The van der Waals surface area contributed by atoms with Crippen LogP contribution in [0.1, 0.15) is 35.1 Å². The Hall–Kier alpha value is -7.03. The summed E-state index contributed by atoms with van der Waals surface area (Å²) in [6, 6.07) is 55.7. The van der Waals surface area contributed by atoms with E-state index in [1.165, 1.54) is 16.5 Å². The van der Waals surface area contributed by atoms with Crippen LogP contribution >= 0.6 is 0 Å². The molecule has 1 aliphatic rings. The Bertz CT molecular complexity index is 2720. The monoisotopic (exact) mass is 706 g/mol. The van der Waals surface area contributed by atoms with Gasteiger partial charge in [0, 0.05) is 11.3 Å². The van der Waals surface area contributed by atoms with Crippen LogP contribution < -0.4 is 0 Å². The molecule has 0 amide bonds. The first kappa shape index (κ1) is 35.0. The van der Waals surface area contributed by atoms with Gasteiger partial charge in [0.2, 0.25) is 0 Å². The van der Waals surface area contributed by atoms with Gasteiger partial charge in [0.05, 0.1) is 11.0 Å². The molecule has 2 heteroatoms. The summed E-state index contributed by atoms with van der Waals surface area (Å²) < 4.78 is 2.24. The lowest BCUT2D eigenvalue weighted by molar-refractivity contribution is 1.10. The van der Waals surface area contributed by atoms with Gasteiger partial charge in [0.1, 0.15) is 5.82 Å². The Balaban J connectivity index is 1.32. The molecule has 0 saturated carbocycles. The number of fused-ring (bicyclic) bond motifs is 2. The van der Waals surface area contributed by atoms with E-state index in [9.17, 15) is 0 Å². The number of allylic oxidation sites excluding steroid dienone is 8. The Morgan fingerprint density at radius 1 is 0.564 bits per heavy atom. The van der Waals surface area contributed by atoms with Crippen molar-refractivity contribution in [2.75, 3.05) is 0 Å². The minimum absolute atomic E-state index is 0.805. The third-order valence-electron chi connectivity index (χ3n) is 10.1. The highest BCUT2D eigenvalue weighted by Gasteiger charge is 2.15. The standard InChI is InChI=1S/C53H42N2/c1-3-40-21-14-15-27-46(40)39(2)47-38-37-41(24-20-30-48(50-29-17-16-28-49(47)50)43-22-10-7-5-4-6-8-11-23-43)42-33-35-44(36-34-42)53-54-51-31-18-19-32-52(51)55(53)45-25-12-9-13-26-45/h3-5,7-21,23-38H,1-2,6,22H2/b5-4-,10-7-,11-8-,24-20?,30-20?,38-37?,41-24?,41-37?,43-23+,47-38?,48-30?,49-47?,50-48?. The molecular formula is C53H42N2. The second kappa shape index (κ2) is 16.3. The lowest BCUT2D eigenvalue weighted by Crippen LogP contribution is -1.97. The predicted octanol–water partition coefficient (Wildman–Crippen LogP) is 14.2. The van der Waals surface area contributed by atoms with Crippen LogP contribution in [0.25, 0.3) is 67.2 Å². The molecule has 0 saturated heterocycles. The Morgan fingerprint density at radius 3 is 2.09 bits per heavy atom. The number of aromatic nitrogens is 2. The first-order valence-electron chi connectivity index (χ1n) is 18.8. The van der Waals surface area contributed by atoms with Crippen molar-refractivity contribution in [2.24, 2.45) is 0 Å². The summed E-state index contributed by atoms with van der Waals surface area (Å²) in [4.78, 5) is 5.10. The van der Waals surface area contributed by atoms with E-state index in [1.807, 2.05) is 24.3 Å². The molecule has 0 bridgehead atoms. The van der Waals surface area contributed by atoms with Crippen LogP contribution in [0.5, 0.6) is 0 Å². The van der Waals surface area contributed by atoms with Crippen molar-refractivity contribution >= 4 is 39.0 Å². The van der Waals surface area contributed by atoms with E-state index in [4.69, 9.17) is 11.6 Å². The van der Waals surface area contributed by atoms with Crippen LogP contribution in [0.4, 0.5) is 0 Å². The average molecular weight is 707 g/mol. The number of hydrogen-bond acceptors (Lipinski definition) is 1. The van der Waals surface area contributed by atoms with E-state index in [2.05, 4.69) is 193 Å². The van der Waals surface area contributed by atoms with Crippen LogP contribution in [-0.2, 0) is 0 Å². The predicted molar refractivity (Wildman–Crippen MR) is 236 cm³/mol. The summed E-state index contributed by atoms with van der Waals surface area (Å²) in [5, 5.41) is 2.29. The lowest BCUT2D eigenvalue weighted by atomic mass is 9.90. The van der Waals surface area contributed by atoms with Gasteiger partial charge in [-0.3, -0.25) is 4.57 Å². The zero-order chi connectivity index (χ0) is 37.4. The molecule has 0 spiro atoms. The van der Waals surface area contributed by atoms with Gasteiger partial charge >= 0.3 is 0 Å². The van der Waals surface area contributed by atoms with E-state index < -0.39 is 0 Å². The van der Waals surface area contributed by atoms with Crippen LogP contribution in [-0.4, -0.2) is 9.55 Å². The molecule has 1 aromatic heterocycles. The average Bonchev–Trinajstić information content (AvgIpc) is 3.64. The summed E-state index contributed by atoms with van der Waals surface area (Å²) in [5.41, 5.74) is 12.9. The van der Waals surface area contributed by atoms with Gasteiger partial charge in [0.15, 0.2) is 0 Å². The fourth-order valence-electron chi connectivity index (χ4n) is 7.35. The van der Waals surface area contributed by atoms with Crippen molar-refractivity contribution in [3.05, 3.63) is 236 Å². The van der Waals surface area contributed by atoms with Gasteiger partial charge in [-0.05, 0) is 92.4 Å². The molecule has 6 aromatic carbocycles. The molecule has 264 valence electrons. The van der Waals surface area contributed by atoms with Crippen LogP contribution in [0.2, 0.25) is 0 Å².